The van der Waals surface area contributed by atoms with Crippen LogP contribution < -0.4 is 16.4 Å². The summed E-state index contributed by atoms with van der Waals surface area (Å²) in [6.45, 7) is 0.735. The average molecular weight is 638 g/mol. The topological polar surface area (TPSA) is 149 Å². The summed E-state index contributed by atoms with van der Waals surface area (Å²) >= 11 is 0. The summed E-state index contributed by atoms with van der Waals surface area (Å²) in [5.74, 6) is -0.865. The third-order valence-electron chi connectivity index (χ3n) is 7.01. The van der Waals surface area contributed by atoms with Crippen molar-refractivity contribution in [2.45, 2.75) is 50.9 Å². The lowest BCUT2D eigenvalue weighted by Crippen LogP contribution is -2.41. The second-order valence-electron chi connectivity index (χ2n) is 10.5. The number of hydrogen-bond donors (Lipinski definition) is 3. The lowest BCUT2D eigenvalue weighted by molar-refractivity contribution is -0.137. The number of nitrogens with two attached hydrogens (primary N) is 1. The molecule has 1 aromatic heterocycles. The summed E-state index contributed by atoms with van der Waals surface area (Å²) in [6.07, 6.45) is -3.01. The van der Waals surface area contributed by atoms with Gasteiger partial charge in [-0.1, -0.05) is 59.8 Å². The number of unbranched alkanes of at least 4 members (excludes halogenated alkanes) is 1. The van der Waals surface area contributed by atoms with Crippen LogP contribution in [0.3, 0.4) is 0 Å². The zero-order valence-corrected chi connectivity index (χ0v) is 24.9. The summed E-state index contributed by atoms with van der Waals surface area (Å²) in [5.41, 5.74) is 7.47. The lowest BCUT2D eigenvalue weighted by atomic mass is 10.0. The van der Waals surface area contributed by atoms with E-state index in [1.807, 2.05) is 30.3 Å². The molecule has 13 heteroatoms. The van der Waals surface area contributed by atoms with Gasteiger partial charge in [0.15, 0.2) is 0 Å². The Labute approximate surface area is 263 Å². The standard InChI is InChI=1S/C33H34F3N5O5/c34-33(35,36)26-15-11-22(12-16-26)17-19-38-31(43)25-13-9-23(10-14-25)20-28-40-30(41-46-28)29(42)27(8-4-5-18-37)39-32(44)45-21-24-6-2-1-3-7-24/h1-3,6-7,9-16,27H,4-5,8,17-21,37H2,(H,38,43)(H,39,44). The number of hydrogen-bond acceptors (Lipinski definition) is 8. The van der Waals surface area contributed by atoms with E-state index in [1.54, 1.807) is 24.3 Å². The highest BCUT2D eigenvalue weighted by atomic mass is 19.4. The van der Waals surface area contributed by atoms with Gasteiger partial charge in [0.25, 0.3) is 5.91 Å². The van der Waals surface area contributed by atoms with Crippen molar-refractivity contribution in [1.29, 1.82) is 0 Å². The van der Waals surface area contributed by atoms with Gasteiger partial charge in [0.2, 0.25) is 17.5 Å². The largest absolute Gasteiger partial charge is 0.445 e. The normalized spacial score (nSPS) is 11.9. The molecule has 1 atom stereocenters. The van der Waals surface area contributed by atoms with Crippen LogP contribution in [-0.2, 0) is 30.4 Å². The molecule has 0 spiro atoms. The molecule has 1 unspecified atom stereocenters. The molecule has 3 aromatic carbocycles. The molecule has 0 aliphatic carbocycles. The maximum atomic E-state index is 13.2. The summed E-state index contributed by atoms with van der Waals surface area (Å²) in [4.78, 5) is 42.4. The van der Waals surface area contributed by atoms with E-state index in [9.17, 15) is 27.6 Å². The average Bonchev–Trinajstić information content (AvgIpc) is 3.52. The Bertz CT molecular complexity index is 1580. The van der Waals surface area contributed by atoms with Crippen LogP contribution in [0.15, 0.2) is 83.4 Å². The minimum atomic E-state index is -4.40. The van der Waals surface area contributed by atoms with Crippen LogP contribution in [0, 0.1) is 0 Å². The van der Waals surface area contributed by atoms with E-state index in [0.717, 1.165) is 23.3 Å². The SMILES string of the molecule is NCCCCC(NC(=O)OCc1ccccc1)C(=O)c1noc(Cc2ccc(C(=O)NCCc3ccc(C(F)(F)F)cc3)cc2)n1. The smallest absolute Gasteiger partial charge is 0.416 e. The van der Waals surface area contributed by atoms with Gasteiger partial charge in [-0.15, -0.1) is 0 Å². The fourth-order valence-electron chi connectivity index (χ4n) is 4.48. The van der Waals surface area contributed by atoms with Gasteiger partial charge in [-0.2, -0.15) is 18.2 Å². The quantitative estimate of drug-likeness (QED) is 0.118. The Balaban J connectivity index is 1.28. The summed E-state index contributed by atoms with van der Waals surface area (Å²) < 4.78 is 48.7. The molecule has 0 saturated carbocycles. The van der Waals surface area contributed by atoms with Gasteiger partial charge in [-0.3, -0.25) is 9.59 Å². The van der Waals surface area contributed by atoms with Crippen LogP contribution in [-0.4, -0.2) is 47.1 Å². The lowest BCUT2D eigenvalue weighted by Gasteiger charge is -2.16. The molecule has 4 aromatic rings. The monoisotopic (exact) mass is 637 g/mol. The second kappa shape index (κ2) is 16.3. The van der Waals surface area contributed by atoms with E-state index >= 15 is 0 Å². The number of amides is 2. The van der Waals surface area contributed by atoms with Crippen molar-refractivity contribution in [3.8, 4) is 0 Å². The van der Waals surface area contributed by atoms with E-state index in [0.29, 0.717) is 43.4 Å². The van der Waals surface area contributed by atoms with Crippen molar-refractivity contribution in [3.05, 3.63) is 118 Å². The van der Waals surface area contributed by atoms with Gasteiger partial charge in [0.1, 0.15) is 6.61 Å². The van der Waals surface area contributed by atoms with Gasteiger partial charge < -0.3 is 25.6 Å². The summed E-state index contributed by atoms with van der Waals surface area (Å²) in [7, 11) is 0. The van der Waals surface area contributed by atoms with Crippen molar-refractivity contribution in [2.24, 2.45) is 5.73 Å². The number of rotatable bonds is 15. The highest BCUT2D eigenvalue weighted by Crippen LogP contribution is 2.29. The number of nitrogens with zero attached hydrogens (tertiary/aromatic N) is 2. The number of alkyl halides is 3. The molecule has 2 amide bonds. The van der Waals surface area contributed by atoms with Crippen LogP contribution in [0.25, 0.3) is 0 Å². The second-order valence-corrected chi connectivity index (χ2v) is 10.5. The molecule has 0 fully saturated rings. The first kappa shape index (κ1) is 33.8. The van der Waals surface area contributed by atoms with E-state index in [4.69, 9.17) is 15.0 Å². The number of nitrogens with one attached hydrogen (secondary N) is 2. The Morgan fingerprint density at radius 2 is 1.59 bits per heavy atom. The first-order chi connectivity index (χ1) is 22.1. The van der Waals surface area contributed by atoms with Gasteiger partial charge in [0, 0.05) is 12.1 Å². The molecule has 0 aliphatic heterocycles. The molecule has 10 nitrogen and oxygen atoms in total. The van der Waals surface area contributed by atoms with Gasteiger partial charge in [-0.25, -0.2) is 4.79 Å². The molecule has 0 aliphatic rings. The fourth-order valence-corrected chi connectivity index (χ4v) is 4.48. The number of carbonyl (C=O) groups excluding carboxylic acids is 3. The van der Waals surface area contributed by atoms with Crippen LogP contribution in [0.5, 0.6) is 0 Å². The zero-order chi connectivity index (χ0) is 32.9. The minimum Gasteiger partial charge on any atom is -0.445 e. The van der Waals surface area contributed by atoms with E-state index in [1.165, 1.54) is 12.1 Å². The number of Topliss-reactive ketones (excluding diaryl/α,β-unsaturated/α-hetero) is 1. The maximum absolute atomic E-state index is 13.2. The first-order valence-corrected chi connectivity index (χ1v) is 14.7. The molecule has 46 heavy (non-hydrogen) atoms. The number of aromatic nitrogens is 2. The van der Waals surface area contributed by atoms with Crippen molar-refractivity contribution in [1.82, 2.24) is 20.8 Å². The number of benzene rings is 3. The molecule has 4 rings (SSSR count). The Morgan fingerprint density at radius 3 is 2.26 bits per heavy atom. The van der Waals surface area contributed by atoms with Crippen molar-refractivity contribution in [2.75, 3.05) is 13.1 Å². The highest BCUT2D eigenvalue weighted by Gasteiger charge is 2.30. The molecule has 1 heterocycles. The molecule has 242 valence electrons. The summed E-state index contributed by atoms with van der Waals surface area (Å²) in [6, 6.07) is 19.7. The molecular formula is C33H34F3N5O5. The highest BCUT2D eigenvalue weighted by molar-refractivity contribution is 5.98. The summed E-state index contributed by atoms with van der Waals surface area (Å²) in [5, 5.41) is 9.16. The number of ether oxygens (including phenoxy) is 1. The van der Waals surface area contributed by atoms with Gasteiger partial charge in [0.05, 0.1) is 18.0 Å². The van der Waals surface area contributed by atoms with E-state index in [2.05, 4.69) is 20.8 Å². The van der Waals surface area contributed by atoms with E-state index < -0.39 is 29.7 Å². The number of alkyl carbamates (subject to hydrolysis) is 1. The predicted octanol–water partition coefficient (Wildman–Crippen LogP) is 5.26. The van der Waals surface area contributed by atoms with Crippen LogP contribution >= 0.6 is 0 Å². The van der Waals surface area contributed by atoms with Crippen molar-refractivity contribution >= 4 is 17.8 Å². The molecule has 0 bridgehead atoms. The predicted molar refractivity (Wildman–Crippen MR) is 162 cm³/mol. The molecule has 0 saturated heterocycles. The van der Waals surface area contributed by atoms with Crippen LogP contribution in [0.4, 0.5) is 18.0 Å². The van der Waals surface area contributed by atoms with Crippen LogP contribution in [0.1, 0.15) is 68.4 Å². The Morgan fingerprint density at radius 1 is 0.891 bits per heavy atom. The van der Waals surface area contributed by atoms with Gasteiger partial charge >= 0.3 is 12.3 Å². The third-order valence-corrected chi connectivity index (χ3v) is 7.01. The number of halogens is 3. The van der Waals surface area contributed by atoms with E-state index in [-0.39, 0.29) is 37.2 Å². The first-order valence-electron chi connectivity index (χ1n) is 14.7. The fraction of sp³-hybridized carbons (Fsp3) is 0.303. The van der Waals surface area contributed by atoms with Gasteiger partial charge in [-0.05, 0) is 73.2 Å². The van der Waals surface area contributed by atoms with Crippen molar-refractivity contribution in [3.63, 3.8) is 0 Å². The minimum absolute atomic E-state index is 0.0475. The Kier molecular flexibility index (Phi) is 12.0. The number of ketones is 1. The Hall–Kier alpha value is -5.04. The van der Waals surface area contributed by atoms with Crippen LogP contribution in [0.2, 0.25) is 0 Å². The molecule has 0 radical (unpaired) electrons. The van der Waals surface area contributed by atoms with Crippen molar-refractivity contribution < 1.29 is 36.8 Å². The zero-order valence-electron chi connectivity index (χ0n) is 24.9. The molecular weight excluding hydrogens is 603 g/mol. The molecule has 4 N–H and O–H groups in total. The third kappa shape index (κ3) is 10.3. The number of carbonyl (C=O) groups is 3. The maximum Gasteiger partial charge on any atom is 0.416 e.